The van der Waals surface area contributed by atoms with Gasteiger partial charge in [-0.2, -0.15) is 0 Å². The van der Waals surface area contributed by atoms with Crippen molar-refractivity contribution >= 4 is 22.7 Å². The van der Waals surface area contributed by atoms with E-state index in [2.05, 4.69) is 117 Å². The van der Waals surface area contributed by atoms with Crippen molar-refractivity contribution in [2.24, 2.45) is 0 Å². The van der Waals surface area contributed by atoms with Crippen molar-refractivity contribution < 1.29 is 19.0 Å². The first-order valence-electron chi connectivity index (χ1n) is 9.71. The molecule has 2 nitrogen and oxygen atoms in total. The van der Waals surface area contributed by atoms with Crippen LogP contribution in [0.25, 0.3) is 0 Å². The number of anilines is 4. The molecule has 1 aliphatic rings. The molecule has 3 aromatic rings. The summed E-state index contributed by atoms with van der Waals surface area (Å²) in [6.07, 6.45) is 0. The van der Waals surface area contributed by atoms with Gasteiger partial charge in [-0.25, -0.2) is 0 Å². The molecule has 28 heavy (non-hydrogen) atoms. The van der Waals surface area contributed by atoms with Crippen molar-refractivity contribution in [1.82, 2.24) is 0 Å². The first kappa shape index (κ1) is 19.3. The molecule has 0 spiro atoms. The van der Waals surface area contributed by atoms with Crippen LogP contribution in [0.1, 0.15) is 31.9 Å². The Kier molecular flexibility index (Phi) is 4.69. The zero-order valence-electron chi connectivity index (χ0n) is 17.7. The van der Waals surface area contributed by atoms with Crippen LogP contribution in [0.2, 0.25) is 0 Å². The van der Waals surface area contributed by atoms with Gasteiger partial charge in [0.1, 0.15) is 0 Å². The first-order chi connectivity index (χ1) is 13.2. The average Bonchev–Trinajstić information content (AvgIpc) is 2.87. The van der Waals surface area contributed by atoms with E-state index in [0.717, 1.165) is 0 Å². The van der Waals surface area contributed by atoms with Crippen LogP contribution in [0, 0.1) is 6.92 Å². The minimum atomic E-state index is -2.57. The number of hydrogen-bond donors (Lipinski definition) is 0. The molecule has 3 aromatic carbocycles. The normalized spacial score (nSPS) is 16.8. The quantitative estimate of drug-likeness (QED) is 0.309. The van der Waals surface area contributed by atoms with Gasteiger partial charge in [-0.3, -0.25) is 0 Å². The Hall–Kier alpha value is -2.01. The van der Waals surface area contributed by atoms with Crippen LogP contribution in [0.5, 0.6) is 0 Å². The second-order valence-electron chi connectivity index (χ2n) is 8.77. The summed E-state index contributed by atoms with van der Waals surface area (Å²) in [5.74, 6) is 0. The molecule has 3 heteroatoms. The van der Waals surface area contributed by atoms with Crippen molar-refractivity contribution in [2.45, 2.75) is 33.1 Å². The Morgan fingerprint density at radius 3 is 1.96 bits per heavy atom. The number of rotatable bonds is 2. The molecule has 4 rings (SSSR count). The van der Waals surface area contributed by atoms with Gasteiger partial charge in [0.25, 0.3) is 0 Å². The van der Waals surface area contributed by atoms with Crippen LogP contribution in [0.15, 0.2) is 72.8 Å². The molecule has 0 aromatic heterocycles. The first-order valence-corrected chi connectivity index (χ1v) is 16.0. The fraction of sp³-hybridized carbons (Fsp3) is 0.280. The van der Waals surface area contributed by atoms with Crippen molar-refractivity contribution in [1.29, 1.82) is 0 Å². The number of benzene rings is 3. The molecule has 148 valence electrons. The summed E-state index contributed by atoms with van der Waals surface area (Å²) in [5, 5.41) is 0. The van der Waals surface area contributed by atoms with Gasteiger partial charge in [0.15, 0.2) is 0 Å². The second kappa shape index (κ2) is 6.80. The number of halogens is 1. The summed E-state index contributed by atoms with van der Waals surface area (Å²) < 4.78 is 5.32. The molecule has 0 fully saturated rings. The monoisotopic (exact) mass is 485 g/mol. The van der Waals surface area contributed by atoms with Crippen LogP contribution in [-0.2, 0) is 5.41 Å². The summed E-state index contributed by atoms with van der Waals surface area (Å²) in [6.45, 7) is 9.11. The van der Waals surface area contributed by atoms with E-state index in [1.54, 1.807) is 0 Å². The molecule has 0 amide bonds. The number of para-hydroxylation sites is 2. The third kappa shape index (κ3) is 3.10. The summed E-state index contributed by atoms with van der Waals surface area (Å²) in [6, 6.07) is 26.8. The molecular formula is C25H30IN2-. The van der Waals surface area contributed by atoms with Gasteiger partial charge in [0.2, 0.25) is 0 Å². The van der Waals surface area contributed by atoms with E-state index in [9.17, 15) is 0 Å². The van der Waals surface area contributed by atoms with Crippen LogP contribution in [-0.4, -0.2) is 9.86 Å². The maximum absolute atomic E-state index is 2.68. The summed E-state index contributed by atoms with van der Waals surface area (Å²) in [5.41, 5.74) is 8.18. The average molecular weight is 485 g/mol. The standard InChI is InChI=1S/C25H30IN2/c1-19-12-10-11-15-22(19)28-24-18-20(25(2,3)4)16-17-23(24)27(26(28,5)6)21-13-8-7-9-14-21/h7-18H,1-6H3/q-1. The van der Waals surface area contributed by atoms with E-state index >= 15 is 0 Å². The summed E-state index contributed by atoms with van der Waals surface area (Å²) >= 11 is -2.57. The number of aryl methyl sites for hydroxylation is 1. The fourth-order valence-corrected chi connectivity index (χ4v) is 11.2. The number of nitrogens with zero attached hydrogens (tertiary/aromatic N) is 2. The summed E-state index contributed by atoms with van der Waals surface area (Å²) in [4.78, 5) is 4.98. The van der Waals surface area contributed by atoms with Crippen molar-refractivity contribution in [3.05, 3.63) is 83.9 Å². The number of fused-ring (bicyclic) bond motifs is 1. The number of hydrogen-bond acceptors (Lipinski definition) is 2. The molecule has 1 heterocycles. The molecule has 0 saturated heterocycles. The maximum atomic E-state index is 2.68. The van der Waals surface area contributed by atoms with Crippen LogP contribution >= 0.6 is 0 Å². The van der Waals surface area contributed by atoms with Gasteiger partial charge in [-0.05, 0) is 0 Å². The van der Waals surface area contributed by atoms with E-state index in [4.69, 9.17) is 0 Å². The Morgan fingerprint density at radius 1 is 0.679 bits per heavy atom. The molecular weight excluding hydrogens is 455 g/mol. The molecule has 0 unspecified atom stereocenters. The zero-order chi connectivity index (χ0) is 20.1. The van der Waals surface area contributed by atoms with Gasteiger partial charge >= 0.3 is 175 Å². The van der Waals surface area contributed by atoms with Gasteiger partial charge in [0.05, 0.1) is 0 Å². The molecule has 0 radical (unpaired) electrons. The third-order valence-corrected chi connectivity index (χ3v) is 12.2. The van der Waals surface area contributed by atoms with Crippen molar-refractivity contribution in [3.63, 3.8) is 0 Å². The van der Waals surface area contributed by atoms with E-state index < -0.39 is 19.0 Å². The Labute approximate surface area is 174 Å². The molecule has 0 N–H and O–H groups in total. The van der Waals surface area contributed by atoms with Gasteiger partial charge < -0.3 is 0 Å². The summed E-state index contributed by atoms with van der Waals surface area (Å²) in [7, 11) is 0. The van der Waals surface area contributed by atoms with Gasteiger partial charge in [0, 0.05) is 0 Å². The molecule has 1 aliphatic heterocycles. The SMILES string of the molecule is Cc1ccccc1N1c2cc(C(C)(C)C)ccc2N(c2ccccc2)[I-]1(C)C. The predicted molar refractivity (Wildman–Crippen MR) is 119 cm³/mol. The van der Waals surface area contributed by atoms with E-state index in [0.29, 0.717) is 0 Å². The molecule has 0 saturated carbocycles. The van der Waals surface area contributed by atoms with E-state index in [-0.39, 0.29) is 5.41 Å². The zero-order valence-corrected chi connectivity index (χ0v) is 19.9. The van der Waals surface area contributed by atoms with Gasteiger partial charge in [-0.15, -0.1) is 0 Å². The van der Waals surface area contributed by atoms with E-state index in [1.165, 1.54) is 33.9 Å². The molecule has 0 bridgehead atoms. The minimum absolute atomic E-state index is 0.128. The number of alkyl halides is 2. The Bertz CT molecular complexity index is 1000. The predicted octanol–water partition coefficient (Wildman–Crippen LogP) is 3.83. The topological polar surface area (TPSA) is 6.48 Å². The van der Waals surface area contributed by atoms with E-state index in [1.807, 2.05) is 0 Å². The molecule has 0 atom stereocenters. The van der Waals surface area contributed by atoms with Crippen LogP contribution < -0.4 is 25.2 Å². The van der Waals surface area contributed by atoms with Crippen molar-refractivity contribution in [2.75, 3.05) is 16.1 Å². The third-order valence-electron chi connectivity index (χ3n) is 5.40. The van der Waals surface area contributed by atoms with Crippen LogP contribution in [0.4, 0.5) is 22.7 Å². The Balaban J connectivity index is 1.99. The second-order valence-corrected chi connectivity index (χ2v) is 17.1. The Morgan fingerprint density at radius 2 is 1.32 bits per heavy atom. The fourth-order valence-electron chi connectivity index (χ4n) is 3.91. The van der Waals surface area contributed by atoms with Crippen molar-refractivity contribution in [3.8, 4) is 0 Å². The van der Waals surface area contributed by atoms with Gasteiger partial charge in [-0.1, -0.05) is 0 Å². The van der Waals surface area contributed by atoms with Crippen LogP contribution in [0.3, 0.4) is 0 Å². The molecule has 0 aliphatic carbocycles.